The van der Waals surface area contributed by atoms with Crippen molar-refractivity contribution in [3.63, 3.8) is 0 Å². The first-order valence-corrected chi connectivity index (χ1v) is 8.74. The molecule has 1 saturated heterocycles. The van der Waals surface area contributed by atoms with Crippen LogP contribution in [0, 0.1) is 11.6 Å². The molecule has 0 bridgehead atoms. The van der Waals surface area contributed by atoms with Crippen molar-refractivity contribution in [2.24, 2.45) is 0 Å². The second-order valence-electron chi connectivity index (χ2n) is 6.36. The minimum absolute atomic E-state index is 0.103. The molecule has 5 nitrogen and oxygen atoms in total. The van der Waals surface area contributed by atoms with Crippen molar-refractivity contribution in [1.29, 1.82) is 0 Å². The van der Waals surface area contributed by atoms with Crippen LogP contribution in [-0.2, 0) is 16.1 Å². The van der Waals surface area contributed by atoms with Gasteiger partial charge < -0.3 is 14.6 Å². The summed E-state index contributed by atoms with van der Waals surface area (Å²) in [5.74, 6) is -1.59. The van der Waals surface area contributed by atoms with Crippen LogP contribution in [0.25, 0.3) is 0 Å². The van der Waals surface area contributed by atoms with E-state index in [0.29, 0.717) is 32.0 Å². The lowest BCUT2D eigenvalue weighted by Crippen LogP contribution is -2.39. The van der Waals surface area contributed by atoms with Crippen LogP contribution in [-0.4, -0.2) is 42.2 Å². The minimum Gasteiger partial charge on any atom is -0.489 e. The van der Waals surface area contributed by atoms with Crippen molar-refractivity contribution in [2.75, 3.05) is 26.2 Å². The predicted molar refractivity (Wildman–Crippen MR) is 94.5 cm³/mol. The molecule has 7 heteroatoms. The molecule has 1 aliphatic heterocycles. The average molecular weight is 377 g/mol. The van der Waals surface area contributed by atoms with E-state index in [-0.39, 0.29) is 24.7 Å². The van der Waals surface area contributed by atoms with Gasteiger partial charge in [0.2, 0.25) is 0 Å². The van der Waals surface area contributed by atoms with Crippen LogP contribution >= 0.6 is 0 Å². The maximum absolute atomic E-state index is 13.6. The van der Waals surface area contributed by atoms with Gasteiger partial charge in [-0.2, -0.15) is 0 Å². The van der Waals surface area contributed by atoms with E-state index in [1.165, 1.54) is 18.2 Å². The van der Waals surface area contributed by atoms with E-state index in [4.69, 9.17) is 14.6 Å². The number of hydrogen-bond donors (Lipinski definition) is 1. The molecule has 1 atom stereocenters. The molecule has 1 heterocycles. The lowest BCUT2D eigenvalue weighted by atomic mass is 10.1. The van der Waals surface area contributed by atoms with Crippen molar-refractivity contribution in [3.05, 3.63) is 65.2 Å². The number of morpholine rings is 1. The number of nitrogens with zero attached hydrogens (tertiary/aromatic N) is 1. The Morgan fingerprint density at radius 1 is 1.19 bits per heavy atom. The molecule has 144 valence electrons. The van der Waals surface area contributed by atoms with Gasteiger partial charge >= 0.3 is 5.97 Å². The van der Waals surface area contributed by atoms with Crippen LogP contribution in [0.1, 0.15) is 23.7 Å². The highest BCUT2D eigenvalue weighted by molar-refractivity contribution is 5.66. The SMILES string of the molecule is O=C(O)CCN1CCO[C@H](c2ccc(OCc3c(F)cccc3F)cc2)C1. The number of carbonyl (C=O) groups is 1. The summed E-state index contributed by atoms with van der Waals surface area (Å²) in [5, 5.41) is 8.81. The monoisotopic (exact) mass is 377 g/mol. The molecule has 0 radical (unpaired) electrons. The molecule has 27 heavy (non-hydrogen) atoms. The number of rotatable bonds is 7. The van der Waals surface area contributed by atoms with Gasteiger partial charge in [-0.3, -0.25) is 9.69 Å². The number of hydrogen-bond acceptors (Lipinski definition) is 4. The molecule has 0 amide bonds. The maximum atomic E-state index is 13.6. The second-order valence-corrected chi connectivity index (χ2v) is 6.36. The molecule has 1 N–H and O–H groups in total. The summed E-state index contributed by atoms with van der Waals surface area (Å²) < 4.78 is 38.5. The van der Waals surface area contributed by atoms with E-state index in [9.17, 15) is 13.6 Å². The van der Waals surface area contributed by atoms with Gasteiger partial charge in [0.15, 0.2) is 0 Å². The van der Waals surface area contributed by atoms with Gasteiger partial charge in [-0.1, -0.05) is 18.2 Å². The fourth-order valence-electron chi connectivity index (χ4n) is 2.97. The van der Waals surface area contributed by atoms with Gasteiger partial charge in [0.05, 0.1) is 24.7 Å². The number of halogens is 2. The Bertz CT molecular complexity index is 762. The molecule has 0 saturated carbocycles. The zero-order valence-corrected chi connectivity index (χ0v) is 14.7. The highest BCUT2D eigenvalue weighted by atomic mass is 19.1. The van der Waals surface area contributed by atoms with Gasteiger partial charge in [-0.15, -0.1) is 0 Å². The molecule has 3 rings (SSSR count). The standard InChI is InChI=1S/C20H21F2NO4/c21-17-2-1-3-18(22)16(17)13-27-15-6-4-14(5-7-15)19-12-23(10-11-26-19)9-8-20(24)25/h1-7,19H,8-13H2,(H,24,25)/t19-/m0/s1. The molecule has 0 aliphatic carbocycles. The molecule has 0 unspecified atom stereocenters. The first-order chi connectivity index (χ1) is 13.0. The summed E-state index contributed by atoms with van der Waals surface area (Å²) in [4.78, 5) is 12.8. The molecular formula is C20H21F2NO4. The molecule has 0 spiro atoms. The molecule has 2 aromatic rings. The largest absolute Gasteiger partial charge is 0.489 e. The second kappa shape index (κ2) is 8.92. The van der Waals surface area contributed by atoms with E-state index in [1.807, 2.05) is 12.1 Å². The van der Waals surface area contributed by atoms with Gasteiger partial charge in [-0.25, -0.2) is 8.78 Å². The fourth-order valence-corrected chi connectivity index (χ4v) is 2.97. The third-order valence-corrected chi connectivity index (χ3v) is 4.49. The van der Waals surface area contributed by atoms with Crippen molar-refractivity contribution in [1.82, 2.24) is 4.90 Å². The molecule has 2 aromatic carbocycles. The number of aliphatic carboxylic acids is 1. The minimum atomic E-state index is -0.814. The van der Waals surface area contributed by atoms with E-state index in [0.717, 1.165) is 5.56 Å². The maximum Gasteiger partial charge on any atom is 0.304 e. The summed E-state index contributed by atoms with van der Waals surface area (Å²) in [7, 11) is 0. The molecular weight excluding hydrogens is 356 g/mol. The fraction of sp³-hybridized carbons (Fsp3) is 0.350. The first-order valence-electron chi connectivity index (χ1n) is 8.74. The van der Waals surface area contributed by atoms with Gasteiger partial charge in [0, 0.05) is 19.6 Å². The van der Waals surface area contributed by atoms with Crippen LogP contribution in [0.3, 0.4) is 0 Å². The summed E-state index contributed by atoms with van der Waals surface area (Å²) in [6, 6.07) is 10.9. The van der Waals surface area contributed by atoms with Crippen LogP contribution in [0.5, 0.6) is 5.75 Å². The average Bonchev–Trinajstić information content (AvgIpc) is 2.67. The van der Waals surface area contributed by atoms with Crippen LogP contribution in [0.2, 0.25) is 0 Å². The third kappa shape index (κ3) is 5.24. The Balaban J connectivity index is 1.57. The Hall–Kier alpha value is -2.51. The van der Waals surface area contributed by atoms with E-state index < -0.39 is 17.6 Å². The number of carboxylic acid groups (broad SMARTS) is 1. The summed E-state index contributed by atoms with van der Waals surface area (Å²) >= 11 is 0. The van der Waals surface area contributed by atoms with E-state index in [2.05, 4.69) is 4.90 Å². The Kier molecular flexibility index (Phi) is 6.36. The Labute approximate surface area is 156 Å². The third-order valence-electron chi connectivity index (χ3n) is 4.49. The summed E-state index contributed by atoms with van der Waals surface area (Å²) in [5.41, 5.74) is 0.839. The van der Waals surface area contributed by atoms with Crippen LogP contribution in [0.4, 0.5) is 8.78 Å². The lowest BCUT2D eigenvalue weighted by molar-refractivity contribution is -0.137. The Morgan fingerprint density at radius 2 is 1.89 bits per heavy atom. The van der Waals surface area contributed by atoms with Gasteiger partial charge in [0.1, 0.15) is 24.0 Å². The summed E-state index contributed by atoms with van der Waals surface area (Å²) in [6.45, 7) is 2.16. The van der Waals surface area contributed by atoms with Crippen molar-refractivity contribution in [3.8, 4) is 5.75 Å². The quantitative estimate of drug-likeness (QED) is 0.802. The zero-order valence-electron chi connectivity index (χ0n) is 14.7. The van der Waals surface area contributed by atoms with Crippen molar-refractivity contribution < 1.29 is 28.2 Å². The van der Waals surface area contributed by atoms with Crippen LogP contribution < -0.4 is 4.74 Å². The molecule has 0 aromatic heterocycles. The normalized spacial score (nSPS) is 17.6. The molecule has 1 aliphatic rings. The zero-order chi connectivity index (χ0) is 19.2. The topological polar surface area (TPSA) is 59.0 Å². The van der Waals surface area contributed by atoms with Crippen molar-refractivity contribution >= 4 is 5.97 Å². The van der Waals surface area contributed by atoms with Gasteiger partial charge in [-0.05, 0) is 29.8 Å². The highest BCUT2D eigenvalue weighted by Gasteiger charge is 2.22. The van der Waals surface area contributed by atoms with E-state index in [1.54, 1.807) is 12.1 Å². The van der Waals surface area contributed by atoms with Gasteiger partial charge in [0.25, 0.3) is 0 Å². The predicted octanol–water partition coefficient (Wildman–Crippen LogP) is 3.39. The van der Waals surface area contributed by atoms with Crippen LogP contribution in [0.15, 0.2) is 42.5 Å². The first kappa shape index (κ1) is 19.3. The lowest BCUT2D eigenvalue weighted by Gasteiger charge is -2.32. The number of carboxylic acids is 1. The number of ether oxygens (including phenoxy) is 2. The number of benzene rings is 2. The van der Waals surface area contributed by atoms with E-state index >= 15 is 0 Å². The van der Waals surface area contributed by atoms with Crippen molar-refractivity contribution in [2.45, 2.75) is 19.1 Å². The highest BCUT2D eigenvalue weighted by Crippen LogP contribution is 2.25. The smallest absolute Gasteiger partial charge is 0.304 e. The summed E-state index contributed by atoms with van der Waals surface area (Å²) in [6.07, 6.45) is -0.0443. The molecule has 1 fully saturated rings. The Morgan fingerprint density at radius 3 is 2.56 bits per heavy atom.